The standard InChI is InChI=1S/C19H17Cl2N3OS/c1-10-4-6-11(7-5-10)8-13-17(25)24-18(26-13)22-16(23-24)15-12(9-14(20)21)19(15,2)3/h4-9,12,15H,1-3H3/b13-8-/t12-,15+/m0/s1. The second kappa shape index (κ2) is 6.19. The molecule has 1 aromatic carbocycles. The van der Waals surface area contributed by atoms with E-state index >= 15 is 0 Å². The van der Waals surface area contributed by atoms with Crippen LogP contribution in [0.15, 0.2) is 39.6 Å². The first-order valence-electron chi connectivity index (χ1n) is 8.28. The molecule has 2 aromatic heterocycles. The monoisotopic (exact) mass is 405 g/mol. The zero-order chi connectivity index (χ0) is 18.6. The lowest BCUT2D eigenvalue weighted by atomic mass is 10.1. The third-order valence-corrected chi connectivity index (χ3v) is 6.28. The molecular formula is C19H17Cl2N3OS. The predicted octanol–water partition coefficient (Wildman–Crippen LogP) is 4.07. The van der Waals surface area contributed by atoms with E-state index in [9.17, 15) is 4.79 Å². The van der Waals surface area contributed by atoms with E-state index < -0.39 is 0 Å². The van der Waals surface area contributed by atoms with Crippen molar-refractivity contribution >= 4 is 45.6 Å². The first-order chi connectivity index (χ1) is 12.3. The van der Waals surface area contributed by atoms with Crippen molar-refractivity contribution in [2.24, 2.45) is 11.3 Å². The van der Waals surface area contributed by atoms with Crippen molar-refractivity contribution in [3.8, 4) is 0 Å². The average molecular weight is 406 g/mol. The molecule has 1 saturated carbocycles. The van der Waals surface area contributed by atoms with Crippen LogP contribution in [0.25, 0.3) is 11.0 Å². The van der Waals surface area contributed by atoms with Gasteiger partial charge in [0, 0.05) is 5.92 Å². The maximum Gasteiger partial charge on any atom is 0.291 e. The van der Waals surface area contributed by atoms with E-state index in [-0.39, 0.29) is 27.3 Å². The Kier molecular flexibility index (Phi) is 4.21. The molecule has 0 bridgehead atoms. The highest BCUT2D eigenvalue weighted by Crippen LogP contribution is 2.64. The highest BCUT2D eigenvalue weighted by atomic mass is 35.5. The molecule has 0 aliphatic heterocycles. The molecule has 7 heteroatoms. The lowest BCUT2D eigenvalue weighted by Crippen LogP contribution is -2.23. The van der Waals surface area contributed by atoms with Gasteiger partial charge < -0.3 is 0 Å². The zero-order valence-electron chi connectivity index (χ0n) is 14.5. The number of thiazole rings is 1. The Morgan fingerprint density at radius 3 is 2.58 bits per heavy atom. The minimum Gasteiger partial charge on any atom is -0.266 e. The summed E-state index contributed by atoms with van der Waals surface area (Å²) in [5.74, 6) is 0.973. The number of aromatic nitrogens is 3. The summed E-state index contributed by atoms with van der Waals surface area (Å²) < 4.78 is 2.29. The Morgan fingerprint density at radius 2 is 1.96 bits per heavy atom. The van der Waals surface area contributed by atoms with E-state index in [1.165, 1.54) is 21.4 Å². The third kappa shape index (κ3) is 2.98. The van der Waals surface area contributed by atoms with E-state index in [1.54, 1.807) is 0 Å². The molecule has 26 heavy (non-hydrogen) atoms. The molecule has 0 N–H and O–H groups in total. The Labute approximate surface area is 164 Å². The Hall–Kier alpha value is -1.69. The van der Waals surface area contributed by atoms with E-state index in [1.807, 2.05) is 43.3 Å². The molecule has 4 nitrogen and oxygen atoms in total. The van der Waals surface area contributed by atoms with Crippen LogP contribution in [-0.4, -0.2) is 14.6 Å². The van der Waals surface area contributed by atoms with Gasteiger partial charge in [0.1, 0.15) is 4.49 Å². The first kappa shape index (κ1) is 17.7. The summed E-state index contributed by atoms with van der Waals surface area (Å²) in [4.78, 5) is 17.9. The average Bonchev–Trinajstić information content (AvgIpc) is 2.86. The number of benzene rings is 1. The van der Waals surface area contributed by atoms with Crippen molar-refractivity contribution in [3.05, 3.63) is 66.7 Å². The Balaban J connectivity index is 1.72. The van der Waals surface area contributed by atoms with Crippen LogP contribution in [0.1, 0.15) is 36.7 Å². The van der Waals surface area contributed by atoms with Gasteiger partial charge in [0.15, 0.2) is 5.82 Å². The van der Waals surface area contributed by atoms with E-state index in [2.05, 4.69) is 23.9 Å². The van der Waals surface area contributed by atoms with Gasteiger partial charge in [0.25, 0.3) is 5.56 Å². The number of nitrogens with zero attached hydrogens (tertiary/aromatic N) is 3. The summed E-state index contributed by atoms with van der Waals surface area (Å²) in [7, 11) is 0. The number of halogens is 2. The molecule has 1 aliphatic carbocycles. The van der Waals surface area contributed by atoms with Gasteiger partial charge in [-0.3, -0.25) is 4.79 Å². The number of hydrogen-bond acceptors (Lipinski definition) is 4. The zero-order valence-corrected chi connectivity index (χ0v) is 16.9. The van der Waals surface area contributed by atoms with Gasteiger partial charge in [-0.1, -0.05) is 78.2 Å². The maximum atomic E-state index is 12.7. The molecule has 0 saturated heterocycles. The fourth-order valence-electron chi connectivity index (χ4n) is 3.41. The Bertz CT molecular complexity index is 1120. The molecule has 3 aromatic rings. The topological polar surface area (TPSA) is 47.3 Å². The summed E-state index contributed by atoms with van der Waals surface area (Å²) in [5.41, 5.74) is 2.02. The van der Waals surface area contributed by atoms with E-state index in [4.69, 9.17) is 23.2 Å². The van der Waals surface area contributed by atoms with Crippen molar-refractivity contribution in [2.75, 3.05) is 0 Å². The van der Waals surface area contributed by atoms with Crippen molar-refractivity contribution in [1.82, 2.24) is 14.6 Å². The van der Waals surface area contributed by atoms with Crippen LogP contribution in [0.3, 0.4) is 0 Å². The lowest BCUT2D eigenvalue weighted by molar-refractivity contribution is 0.585. The highest BCUT2D eigenvalue weighted by Gasteiger charge is 2.59. The van der Waals surface area contributed by atoms with Crippen LogP contribution < -0.4 is 10.1 Å². The first-order valence-corrected chi connectivity index (χ1v) is 9.85. The fraction of sp³-hybridized carbons (Fsp3) is 0.316. The summed E-state index contributed by atoms with van der Waals surface area (Å²) >= 11 is 13.0. The van der Waals surface area contributed by atoms with Gasteiger partial charge in [-0.25, -0.2) is 4.98 Å². The SMILES string of the molecule is Cc1ccc(/C=c2\sc3nc([C@H]4[C@H](C=C(Cl)Cl)C4(C)C)nn3c2=O)cc1. The van der Waals surface area contributed by atoms with Gasteiger partial charge in [0.05, 0.1) is 4.53 Å². The number of hydrogen-bond donors (Lipinski definition) is 0. The third-order valence-electron chi connectivity index (χ3n) is 5.07. The number of aryl methyl sites for hydroxylation is 1. The second-order valence-electron chi connectivity index (χ2n) is 7.27. The molecule has 4 rings (SSSR count). The number of fused-ring (bicyclic) bond motifs is 1. The van der Waals surface area contributed by atoms with Crippen LogP contribution in [0.4, 0.5) is 0 Å². The van der Waals surface area contributed by atoms with Crippen molar-refractivity contribution in [1.29, 1.82) is 0 Å². The van der Waals surface area contributed by atoms with Crippen molar-refractivity contribution < 1.29 is 0 Å². The molecule has 1 fully saturated rings. The summed E-state index contributed by atoms with van der Waals surface area (Å²) in [6, 6.07) is 8.04. The smallest absolute Gasteiger partial charge is 0.266 e. The molecule has 1 aliphatic rings. The number of rotatable bonds is 3. The van der Waals surface area contributed by atoms with Crippen LogP contribution >= 0.6 is 34.5 Å². The maximum absolute atomic E-state index is 12.7. The minimum absolute atomic E-state index is 0.0219. The van der Waals surface area contributed by atoms with Crippen molar-refractivity contribution in [3.63, 3.8) is 0 Å². The number of allylic oxidation sites excluding steroid dienone is 1. The quantitative estimate of drug-likeness (QED) is 0.659. The fourth-order valence-corrected chi connectivity index (χ4v) is 4.60. The van der Waals surface area contributed by atoms with Crippen LogP contribution in [-0.2, 0) is 0 Å². The Morgan fingerprint density at radius 1 is 1.27 bits per heavy atom. The molecule has 0 unspecified atom stereocenters. The van der Waals surface area contributed by atoms with Crippen LogP contribution in [0, 0.1) is 18.3 Å². The summed E-state index contributed by atoms with van der Waals surface area (Å²) in [5, 5.41) is 4.47. The van der Waals surface area contributed by atoms with Gasteiger partial charge in [0.2, 0.25) is 4.96 Å². The lowest BCUT2D eigenvalue weighted by Gasteiger charge is -1.97. The molecule has 2 heterocycles. The second-order valence-corrected chi connectivity index (χ2v) is 9.29. The predicted molar refractivity (Wildman–Crippen MR) is 107 cm³/mol. The molecule has 0 radical (unpaired) electrons. The van der Waals surface area contributed by atoms with E-state index in [0.29, 0.717) is 15.3 Å². The van der Waals surface area contributed by atoms with Gasteiger partial charge >= 0.3 is 0 Å². The van der Waals surface area contributed by atoms with Crippen LogP contribution in [0.5, 0.6) is 0 Å². The summed E-state index contributed by atoms with van der Waals surface area (Å²) in [6.45, 7) is 6.28. The largest absolute Gasteiger partial charge is 0.291 e. The molecular weight excluding hydrogens is 389 g/mol. The van der Waals surface area contributed by atoms with Gasteiger partial charge in [-0.05, 0) is 36.0 Å². The molecule has 2 atom stereocenters. The summed E-state index contributed by atoms with van der Waals surface area (Å²) in [6.07, 6.45) is 3.71. The highest BCUT2D eigenvalue weighted by molar-refractivity contribution is 7.15. The van der Waals surface area contributed by atoms with Crippen molar-refractivity contribution in [2.45, 2.75) is 26.7 Å². The normalized spacial score (nSPS) is 22.0. The van der Waals surface area contributed by atoms with E-state index in [0.717, 1.165) is 5.56 Å². The molecule has 134 valence electrons. The minimum atomic E-state index is -0.134. The van der Waals surface area contributed by atoms with Crippen LogP contribution in [0.2, 0.25) is 0 Å². The molecule has 0 spiro atoms. The van der Waals surface area contributed by atoms with Gasteiger partial charge in [-0.15, -0.1) is 5.10 Å². The van der Waals surface area contributed by atoms with Gasteiger partial charge in [-0.2, -0.15) is 4.52 Å². The molecule has 0 amide bonds.